The van der Waals surface area contributed by atoms with Crippen molar-refractivity contribution in [3.05, 3.63) is 35.9 Å². The van der Waals surface area contributed by atoms with Crippen LogP contribution in [0.5, 0.6) is 0 Å². The lowest BCUT2D eigenvalue weighted by Gasteiger charge is -2.24. The number of amides is 1. The molecule has 0 bridgehead atoms. The van der Waals surface area contributed by atoms with E-state index in [1.165, 1.54) is 0 Å². The predicted octanol–water partition coefficient (Wildman–Crippen LogP) is 0.945. The van der Waals surface area contributed by atoms with Crippen molar-refractivity contribution in [2.45, 2.75) is 31.3 Å². The second-order valence-corrected chi connectivity index (χ2v) is 4.83. The Hall–Kier alpha value is -1.39. The Kier molecular flexibility index (Phi) is 4.73. The number of nitrogens with one attached hydrogen (secondary N) is 2. The highest BCUT2D eigenvalue weighted by atomic mass is 16.1. The van der Waals surface area contributed by atoms with Gasteiger partial charge in [-0.05, 0) is 24.9 Å². The van der Waals surface area contributed by atoms with Gasteiger partial charge in [0.1, 0.15) is 0 Å². The number of rotatable bonds is 4. The smallest absolute Gasteiger partial charge is 0.222 e. The Labute approximate surface area is 108 Å². The molecule has 1 aliphatic rings. The van der Waals surface area contributed by atoms with Crippen LogP contribution in [0.15, 0.2) is 30.3 Å². The van der Waals surface area contributed by atoms with Gasteiger partial charge in [-0.15, -0.1) is 0 Å². The number of carbonyl (C=O) groups is 1. The molecule has 1 fully saturated rings. The first-order chi connectivity index (χ1) is 8.75. The van der Waals surface area contributed by atoms with Gasteiger partial charge >= 0.3 is 0 Å². The molecular weight excluding hydrogens is 226 g/mol. The predicted molar refractivity (Wildman–Crippen MR) is 72.0 cm³/mol. The van der Waals surface area contributed by atoms with Crippen molar-refractivity contribution in [2.24, 2.45) is 5.73 Å². The van der Waals surface area contributed by atoms with Crippen LogP contribution in [0.3, 0.4) is 0 Å². The summed E-state index contributed by atoms with van der Waals surface area (Å²) in [6.07, 6.45) is 2.52. The van der Waals surface area contributed by atoms with E-state index in [0.29, 0.717) is 6.42 Å². The van der Waals surface area contributed by atoms with Crippen molar-refractivity contribution in [1.29, 1.82) is 0 Å². The Balaban J connectivity index is 1.80. The molecule has 1 unspecified atom stereocenters. The molecule has 2 rings (SSSR count). The van der Waals surface area contributed by atoms with Gasteiger partial charge in [0.15, 0.2) is 0 Å². The highest BCUT2D eigenvalue weighted by molar-refractivity contribution is 5.77. The summed E-state index contributed by atoms with van der Waals surface area (Å²) in [4.78, 5) is 11.9. The Morgan fingerprint density at radius 1 is 1.44 bits per heavy atom. The average molecular weight is 247 g/mol. The van der Waals surface area contributed by atoms with E-state index >= 15 is 0 Å². The molecule has 1 amide bonds. The van der Waals surface area contributed by atoms with Crippen molar-refractivity contribution in [2.75, 3.05) is 13.1 Å². The third kappa shape index (κ3) is 3.82. The number of hydrogen-bond acceptors (Lipinski definition) is 3. The van der Waals surface area contributed by atoms with E-state index in [1.807, 2.05) is 30.3 Å². The Morgan fingerprint density at radius 3 is 2.89 bits per heavy atom. The molecule has 1 aromatic rings. The first-order valence-electron chi connectivity index (χ1n) is 6.56. The summed E-state index contributed by atoms with van der Waals surface area (Å²) in [6.45, 7) is 1.92. The van der Waals surface area contributed by atoms with E-state index in [9.17, 15) is 4.79 Å². The molecule has 0 saturated carbocycles. The minimum absolute atomic E-state index is 0.0417. The van der Waals surface area contributed by atoms with Crippen LogP contribution in [0.4, 0.5) is 0 Å². The lowest BCUT2D eigenvalue weighted by atomic mass is 10.0. The summed E-state index contributed by atoms with van der Waals surface area (Å²) in [7, 11) is 0. The molecular formula is C14H21N3O. The summed E-state index contributed by atoms with van der Waals surface area (Å²) in [5, 5.41) is 6.32. The van der Waals surface area contributed by atoms with E-state index in [0.717, 1.165) is 31.5 Å². The van der Waals surface area contributed by atoms with Crippen LogP contribution in [0.2, 0.25) is 0 Å². The van der Waals surface area contributed by atoms with Gasteiger partial charge in [-0.2, -0.15) is 0 Å². The summed E-state index contributed by atoms with van der Waals surface area (Å²) < 4.78 is 0. The van der Waals surface area contributed by atoms with Crippen molar-refractivity contribution < 1.29 is 4.79 Å². The second kappa shape index (κ2) is 6.52. The topological polar surface area (TPSA) is 67.2 Å². The number of piperidine rings is 1. The number of nitrogens with two attached hydrogens (primary N) is 1. The highest BCUT2D eigenvalue weighted by Gasteiger charge is 2.17. The Morgan fingerprint density at radius 2 is 2.22 bits per heavy atom. The van der Waals surface area contributed by atoms with Gasteiger partial charge in [0.2, 0.25) is 5.91 Å². The molecule has 18 heavy (non-hydrogen) atoms. The third-order valence-corrected chi connectivity index (χ3v) is 3.30. The van der Waals surface area contributed by atoms with Gasteiger partial charge < -0.3 is 16.4 Å². The van der Waals surface area contributed by atoms with Crippen LogP contribution in [0.1, 0.15) is 30.9 Å². The first kappa shape index (κ1) is 13.1. The maximum atomic E-state index is 11.9. The van der Waals surface area contributed by atoms with E-state index < -0.39 is 0 Å². The molecule has 1 aliphatic heterocycles. The van der Waals surface area contributed by atoms with Gasteiger partial charge in [0.25, 0.3) is 0 Å². The van der Waals surface area contributed by atoms with Crippen molar-refractivity contribution in [1.82, 2.24) is 10.6 Å². The summed E-state index contributed by atoms with van der Waals surface area (Å²) >= 11 is 0. The van der Waals surface area contributed by atoms with Gasteiger partial charge in [-0.3, -0.25) is 4.79 Å². The number of benzene rings is 1. The van der Waals surface area contributed by atoms with Crippen molar-refractivity contribution in [3.8, 4) is 0 Å². The zero-order chi connectivity index (χ0) is 12.8. The molecule has 2 atom stereocenters. The Bertz CT molecular complexity index is 374. The van der Waals surface area contributed by atoms with E-state index in [1.54, 1.807) is 0 Å². The first-order valence-corrected chi connectivity index (χ1v) is 6.56. The van der Waals surface area contributed by atoms with E-state index in [-0.39, 0.29) is 18.0 Å². The van der Waals surface area contributed by atoms with Crippen LogP contribution in [-0.4, -0.2) is 25.0 Å². The summed E-state index contributed by atoms with van der Waals surface area (Å²) in [5.74, 6) is 0.0417. The fourth-order valence-electron chi connectivity index (χ4n) is 2.28. The standard InChI is InChI=1S/C14H21N3O/c15-13(11-5-2-1-3-6-11)9-14(18)17-12-7-4-8-16-10-12/h1-3,5-6,12-13,16H,4,7-10,15H2,(H,17,18)/t12-,13?/m0/s1. The number of hydrogen-bond donors (Lipinski definition) is 3. The van der Waals surface area contributed by atoms with Crippen molar-refractivity contribution >= 4 is 5.91 Å². The molecule has 4 nitrogen and oxygen atoms in total. The summed E-state index contributed by atoms with van der Waals surface area (Å²) in [6, 6.07) is 9.79. The minimum Gasteiger partial charge on any atom is -0.352 e. The van der Waals surface area contributed by atoms with Gasteiger partial charge in [0, 0.05) is 25.0 Å². The molecule has 1 heterocycles. The van der Waals surface area contributed by atoms with Crippen LogP contribution >= 0.6 is 0 Å². The normalized spacial score (nSPS) is 21.3. The van der Waals surface area contributed by atoms with Crippen LogP contribution in [0, 0.1) is 0 Å². The lowest BCUT2D eigenvalue weighted by Crippen LogP contribution is -2.46. The largest absolute Gasteiger partial charge is 0.352 e. The molecule has 1 saturated heterocycles. The third-order valence-electron chi connectivity index (χ3n) is 3.30. The zero-order valence-corrected chi connectivity index (χ0v) is 10.6. The highest BCUT2D eigenvalue weighted by Crippen LogP contribution is 2.13. The van der Waals surface area contributed by atoms with Crippen LogP contribution < -0.4 is 16.4 Å². The van der Waals surface area contributed by atoms with Gasteiger partial charge in [0.05, 0.1) is 0 Å². The van der Waals surface area contributed by atoms with Crippen LogP contribution in [0.25, 0.3) is 0 Å². The van der Waals surface area contributed by atoms with Gasteiger partial charge in [-0.25, -0.2) is 0 Å². The van der Waals surface area contributed by atoms with E-state index in [2.05, 4.69) is 10.6 Å². The molecule has 98 valence electrons. The lowest BCUT2D eigenvalue weighted by molar-refractivity contribution is -0.122. The quantitative estimate of drug-likeness (QED) is 0.742. The van der Waals surface area contributed by atoms with Crippen molar-refractivity contribution in [3.63, 3.8) is 0 Å². The fourth-order valence-corrected chi connectivity index (χ4v) is 2.28. The fraction of sp³-hybridized carbons (Fsp3) is 0.500. The molecule has 0 aromatic heterocycles. The second-order valence-electron chi connectivity index (χ2n) is 4.83. The summed E-state index contributed by atoms with van der Waals surface area (Å²) in [5.41, 5.74) is 7.03. The molecule has 0 spiro atoms. The molecule has 4 heteroatoms. The molecule has 0 radical (unpaired) electrons. The maximum Gasteiger partial charge on any atom is 0.222 e. The molecule has 4 N–H and O–H groups in total. The minimum atomic E-state index is -0.220. The SMILES string of the molecule is NC(CC(=O)N[C@H]1CCCNC1)c1ccccc1. The maximum absolute atomic E-state index is 11.9. The number of carbonyl (C=O) groups excluding carboxylic acids is 1. The monoisotopic (exact) mass is 247 g/mol. The van der Waals surface area contributed by atoms with Gasteiger partial charge in [-0.1, -0.05) is 30.3 Å². The van der Waals surface area contributed by atoms with Crippen LogP contribution in [-0.2, 0) is 4.79 Å². The zero-order valence-electron chi connectivity index (χ0n) is 10.6. The molecule has 1 aromatic carbocycles. The molecule has 0 aliphatic carbocycles. The average Bonchev–Trinajstić information content (AvgIpc) is 2.40. The van der Waals surface area contributed by atoms with E-state index in [4.69, 9.17) is 5.73 Å².